The number of hydrogen-bond acceptors (Lipinski definition) is 4. The van der Waals surface area contributed by atoms with Crippen LogP contribution in [-0.4, -0.2) is 121 Å². The third kappa shape index (κ3) is 336. The van der Waals surface area contributed by atoms with Crippen molar-refractivity contribution in [3.8, 4) is 0 Å². The van der Waals surface area contributed by atoms with Crippen molar-refractivity contribution in [3.05, 3.63) is 0 Å². The first-order chi connectivity index (χ1) is 4.00. The molecule has 0 aromatic carbocycles. The minimum atomic E-state index is -4.67. The summed E-state index contributed by atoms with van der Waals surface area (Å²) in [6, 6.07) is 0. The standard InChI is InChI=1S/H3N.3Na.H3O4P.H2O4S.3H/c;;;;2*1-5(2,3)4;;;/h1H3;;;;(H3,1,2,3,4);(H2,1,2,3,4);;;. The molecule has 9 nitrogen and oxygen atoms in total. The van der Waals surface area contributed by atoms with Gasteiger partial charge in [0.15, 0.2) is 0 Å². The van der Waals surface area contributed by atoms with Crippen LogP contribution >= 0.6 is 7.82 Å². The van der Waals surface area contributed by atoms with E-state index in [1.54, 1.807) is 0 Å². The molecule has 0 aliphatic carbocycles. The Balaban J connectivity index is -0.0000000178. The Kier molecular flexibility index (Phi) is 40.9. The van der Waals surface area contributed by atoms with Crippen LogP contribution < -0.4 is 6.15 Å². The van der Waals surface area contributed by atoms with Crippen LogP contribution in [0.25, 0.3) is 0 Å². The van der Waals surface area contributed by atoms with Crippen LogP contribution in [0.15, 0.2) is 0 Å². The predicted molar refractivity (Wildman–Crippen MR) is 54.9 cm³/mol. The number of rotatable bonds is 0. The second-order valence-corrected chi connectivity index (χ2v) is 2.88. The van der Waals surface area contributed by atoms with E-state index in [0.717, 1.165) is 0 Å². The summed E-state index contributed by atoms with van der Waals surface area (Å²) in [6.45, 7) is 0. The van der Waals surface area contributed by atoms with Crippen LogP contribution in [0.1, 0.15) is 0 Å². The van der Waals surface area contributed by atoms with E-state index in [2.05, 4.69) is 0 Å². The normalized spacial score (nSPS) is 8.36. The van der Waals surface area contributed by atoms with Crippen LogP contribution in [0.2, 0.25) is 0 Å². The predicted octanol–water partition coefficient (Wildman–Crippen LogP) is -3.36. The van der Waals surface area contributed by atoms with Crippen molar-refractivity contribution in [2.45, 2.75) is 0 Å². The van der Waals surface area contributed by atoms with Gasteiger partial charge < -0.3 is 20.8 Å². The monoisotopic (exact) mass is 285 g/mol. The van der Waals surface area contributed by atoms with Gasteiger partial charge in [0.2, 0.25) is 0 Å². The maximum atomic E-state index is 8.88. The molecular weight excluding hydrogens is 274 g/mol. The minimum absolute atomic E-state index is 0. The van der Waals surface area contributed by atoms with E-state index >= 15 is 0 Å². The molecule has 0 aliphatic heterocycles. The van der Waals surface area contributed by atoms with Crippen molar-refractivity contribution in [2.24, 2.45) is 0 Å². The third-order valence-electron chi connectivity index (χ3n) is 0. The van der Waals surface area contributed by atoms with Gasteiger partial charge in [-0.2, -0.15) is 8.42 Å². The van der Waals surface area contributed by atoms with E-state index in [1.807, 2.05) is 0 Å². The van der Waals surface area contributed by atoms with Crippen molar-refractivity contribution >= 4 is 107 Å². The van der Waals surface area contributed by atoms with Gasteiger partial charge in [-0.3, -0.25) is 9.11 Å². The molecule has 0 spiro atoms. The average molecular weight is 285 g/mol. The fraction of sp³-hybridized carbons (Fsp3) is 0. The van der Waals surface area contributed by atoms with E-state index in [9.17, 15) is 0 Å². The molecule has 0 fully saturated rings. The summed E-state index contributed by atoms with van der Waals surface area (Å²) >= 11 is 0. The number of phosphoric acid groups is 1. The molecule has 0 aromatic heterocycles. The van der Waals surface area contributed by atoms with Crippen molar-refractivity contribution in [3.63, 3.8) is 0 Å². The summed E-state index contributed by atoms with van der Waals surface area (Å²) in [5.41, 5.74) is 0. The van der Waals surface area contributed by atoms with Gasteiger partial charge in [-0.1, -0.05) is 0 Å². The van der Waals surface area contributed by atoms with Crippen molar-refractivity contribution in [2.75, 3.05) is 0 Å². The molecule has 14 heavy (non-hydrogen) atoms. The fourth-order valence-corrected chi connectivity index (χ4v) is 0. The molecule has 0 rings (SSSR count). The zero-order chi connectivity index (χ0) is 9.00. The van der Waals surface area contributed by atoms with Gasteiger partial charge in [0.1, 0.15) is 0 Å². The molecule has 0 saturated heterocycles. The first-order valence-electron chi connectivity index (χ1n) is 1.48. The Hall–Kier alpha value is 2.94. The summed E-state index contributed by atoms with van der Waals surface area (Å²) in [6.07, 6.45) is 0. The Labute approximate surface area is 147 Å². The quantitative estimate of drug-likeness (QED) is 0.150. The Morgan fingerprint density at radius 1 is 0.857 bits per heavy atom. The molecule has 0 atom stereocenters. The van der Waals surface area contributed by atoms with Crippen LogP contribution in [0.4, 0.5) is 0 Å². The average Bonchev–Trinajstić information content (AvgIpc) is 1.12. The molecule has 78 valence electrons. The summed E-state index contributed by atoms with van der Waals surface area (Å²) in [5.74, 6) is 0. The van der Waals surface area contributed by atoms with Crippen LogP contribution in [0.5, 0.6) is 0 Å². The van der Waals surface area contributed by atoms with Gasteiger partial charge in [0.25, 0.3) is 0 Å². The van der Waals surface area contributed by atoms with Crippen molar-refractivity contribution < 1.29 is 36.8 Å². The molecule has 0 heterocycles. The van der Waals surface area contributed by atoms with E-state index in [0.29, 0.717) is 0 Å². The molecule has 0 aliphatic rings. The molecule has 0 saturated carbocycles. The Morgan fingerprint density at radius 3 is 0.857 bits per heavy atom. The molecule has 8 N–H and O–H groups in total. The number of hydrogen-bond donors (Lipinski definition) is 6. The summed E-state index contributed by atoms with van der Waals surface area (Å²) in [7, 11) is -9.31. The molecule has 0 aromatic rings. The second-order valence-electron chi connectivity index (χ2n) is 0.961. The summed E-state index contributed by atoms with van der Waals surface area (Å²) in [5, 5.41) is 0. The van der Waals surface area contributed by atoms with Gasteiger partial charge in [-0.25, -0.2) is 4.57 Å². The third-order valence-corrected chi connectivity index (χ3v) is 0. The van der Waals surface area contributed by atoms with Gasteiger partial charge in [0.05, 0.1) is 0 Å². The molecule has 14 heteroatoms. The van der Waals surface area contributed by atoms with Gasteiger partial charge >= 0.3 is 107 Å². The molecule has 0 unspecified atom stereocenters. The zero-order valence-corrected chi connectivity index (χ0v) is 6.73. The van der Waals surface area contributed by atoms with Crippen LogP contribution in [0, 0.1) is 0 Å². The molecule has 0 bridgehead atoms. The summed E-state index contributed by atoms with van der Waals surface area (Å²) < 4.78 is 40.5. The zero-order valence-electron chi connectivity index (χ0n) is 5.02. The fourth-order valence-electron chi connectivity index (χ4n) is 0. The Bertz CT molecular complexity index is 202. The van der Waals surface area contributed by atoms with Gasteiger partial charge in [0, 0.05) is 0 Å². The van der Waals surface area contributed by atoms with E-state index in [-0.39, 0.29) is 94.8 Å². The molecule has 0 amide bonds. The van der Waals surface area contributed by atoms with E-state index in [1.165, 1.54) is 0 Å². The van der Waals surface area contributed by atoms with Crippen molar-refractivity contribution in [1.82, 2.24) is 6.15 Å². The Morgan fingerprint density at radius 2 is 0.857 bits per heavy atom. The van der Waals surface area contributed by atoms with E-state index < -0.39 is 18.2 Å². The first-order valence-corrected chi connectivity index (χ1v) is 4.44. The molecule has 0 radical (unpaired) electrons. The summed E-state index contributed by atoms with van der Waals surface area (Å²) in [4.78, 5) is 21.6. The van der Waals surface area contributed by atoms with Crippen LogP contribution in [-0.2, 0) is 15.0 Å². The van der Waals surface area contributed by atoms with E-state index in [4.69, 9.17) is 36.8 Å². The van der Waals surface area contributed by atoms with Crippen LogP contribution in [0.3, 0.4) is 0 Å². The second kappa shape index (κ2) is 15.9. The SMILES string of the molecule is N.O=P(O)(O)O.O=S(=O)(O)O.[NaH].[NaH].[NaH]. The van der Waals surface area contributed by atoms with Gasteiger partial charge in [-0.15, -0.1) is 0 Å². The topological polar surface area (TPSA) is 187 Å². The van der Waals surface area contributed by atoms with Gasteiger partial charge in [-0.05, 0) is 0 Å². The maximum absolute atomic E-state index is 8.88. The molecular formula is H11NNa3O8PS. The van der Waals surface area contributed by atoms with Crippen molar-refractivity contribution in [1.29, 1.82) is 0 Å². The first kappa shape index (κ1) is 36.0.